The highest BCUT2D eigenvalue weighted by Crippen LogP contribution is 2.40. The van der Waals surface area contributed by atoms with E-state index in [1.165, 1.54) is 17.1 Å². The molecule has 0 aliphatic rings. The molecule has 0 atom stereocenters. The second-order valence-electron chi connectivity index (χ2n) is 5.56. The van der Waals surface area contributed by atoms with Crippen molar-refractivity contribution in [3.63, 3.8) is 0 Å². The quantitative estimate of drug-likeness (QED) is 0.464. The van der Waals surface area contributed by atoms with Gasteiger partial charge in [-0.3, -0.25) is 9.78 Å². The molecule has 0 aliphatic heterocycles. The monoisotopic (exact) mass is 443 g/mol. The number of hydrogen-bond acceptors (Lipinski definition) is 6. The van der Waals surface area contributed by atoms with Gasteiger partial charge >= 0.3 is 12.1 Å². The fraction of sp³-hybridized carbons (Fsp3) is 0.111. The standard InChI is InChI=1S/C18H12F3N3O3S.ClH/c1-10-4-3-7-22-14(10)16(25)24-15-11(18(19,20)21)5-2-6-13(15)27-17(26)12-8-28-9-23-12;/h2-9H,1H3,(H,24,25);1H. The SMILES string of the molecule is Cc1cccnc1C(=O)Nc1c(OC(=O)c2cscn2)cccc1C(F)(F)F.Cl. The summed E-state index contributed by atoms with van der Waals surface area (Å²) in [5.74, 6) is -2.25. The Morgan fingerprint density at radius 1 is 1.14 bits per heavy atom. The van der Waals surface area contributed by atoms with Crippen molar-refractivity contribution in [2.45, 2.75) is 13.1 Å². The van der Waals surface area contributed by atoms with Crippen LogP contribution < -0.4 is 10.1 Å². The van der Waals surface area contributed by atoms with Crippen molar-refractivity contribution in [1.29, 1.82) is 0 Å². The summed E-state index contributed by atoms with van der Waals surface area (Å²) in [6.45, 7) is 1.60. The average Bonchev–Trinajstić information content (AvgIpc) is 3.17. The molecule has 6 nitrogen and oxygen atoms in total. The summed E-state index contributed by atoms with van der Waals surface area (Å²) in [4.78, 5) is 32.2. The smallest absolute Gasteiger partial charge is 0.418 e. The fourth-order valence-corrected chi connectivity index (χ4v) is 2.86. The van der Waals surface area contributed by atoms with Crippen molar-refractivity contribution in [3.05, 3.63) is 69.9 Å². The summed E-state index contributed by atoms with van der Waals surface area (Å²) in [5, 5.41) is 3.57. The minimum Gasteiger partial charge on any atom is -0.420 e. The number of benzene rings is 1. The van der Waals surface area contributed by atoms with Crippen LogP contribution >= 0.6 is 23.7 Å². The summed E-state index contributed by atoms with van der Waals surface area (Å²) >= 11 is 1.13. The number of aryl methyl sites for hydroxylation is 1. The molecule has 29 heavy (non-hydrogen) atoms. The van der Waals surface area contributed by atoms with E-state index in [0.717, 1.165) is 29.5 Å². The number of esters is 1. The average molecular weight is 444 g/mol. The number of amides is 1. The number of ether oxygens (including phenoxy) is 1. The lowest BCUT2D eigenvalue weighted by atomic mass is 10.1. The molecular weight excluding hydrogens is 431 g/mol. The minimum atomic E-state index is -4.79. The number of pyridine rings is 1. The molecule has 1 aromatic carbocycles. The summed E-state index contributed by atoms with van der Waals surface area (Å²) in [7, 11) is 0. The summed E-state index contributed by atoms with van der Waals surface area (Å²) in [5.41, 5.74) is -0.0661. The lowest BCUT2D eigenvalue weighted by Gasteiger charge is -2.17. The first-order valence-electron chi connectivity index (χ1n) is 7.81. The number of alkyl halides is 3. The van der Waals surface area contributed by atoms with E-state index in [1.807, 2.05) is 0 Å². The fourth-order valence-electron chi connectivity index (χ4n) is 2.34. The number of aromatic nitrogens is 2. The van der Waals surface area contributed by atoms with Gasteiger partial charge in [-0.05, 0) is 30.7 Å². The number of para-hydroxylation sites is 1. The Balaban J connectivity index is 0.00000300. The number of rotatable bonds is 4. The molecule has 0 fully saturated rings. The zero-order valence-electron chi connectivity index (χ0n) is 14.7. The number of anilines is 1. The van der Waals surface area contributed by atoms with Gasteiger partial charge in [-0.25, -0.2) is 9.78 Å². The second-order valence-corrected chi connectivity index (χ2v) is 6.28. The Hall–Kier alpha value is -2.98. The van der Waals surface area contributed by atoms with E-state index >= 15 is 0 Å². The maximum atomic E-state index is 13.5. The van der Waals surface area contributed by atoms with Gasteiger partial charge < -0.3 is 10.1 Å². The summed E-state index contributed by atoms with van der Waals surface area (Å²) in [6, 6.07) is 6.20. The Labute approximate surface area is 173 Å². The molecule has 2 heterocycles. The Bertz CT molecular complexity index is 1030. The van der Waals surface area contributed by atoms with Crippen LogP contribution in [-0.2, 0) is 6.18 Å². The van der Waals surface area contributed by atoms with Gasteiger partial charge in [-0.15, -0.1) is 23.7 Å². The molecule has 0 spiro atoms. The number of carbonyl (C=O) groups is 2. The molecular formula is C18H13ClF3N3O3S. The third kappa shape index (κ3) is 5.09. The molecule has 0 unspecified atom stereocenters. The van der Waals surface area contributed by atoms with E-state index in [4.69, 9.17) is 4.74 Å². The largest absolute Gasteiger partial charge is 0.420 e. The highest BCUT2D eigenvalue weighted by molar-refractivity contribution is 7.07. The molecule has 0 saturated heterocycles. The van der Waals surface area contributed by atoms with Crippen LogP contribution in [0.1, 0.15) is 32.1 Å². The lowest BCUT2D eigenvalue weighted by Crippen LogP contribution is -2.20. The highest BCUT2D eigenvalue weighted by Gasteiger charge is 2.36. The number of thiazole rings is 1. The van der Waals surface area contributed by atoms with E-state index < -0.39 is 35.1 Å². The molecule has 3 aromatic rings. The van der Waals surface area contributed by atoms with Gasteiger partial charge in [-0.1, -0.05) is 12.1 Å². The molecule has 1 N–H and O–H groups in total. The van der Waals surface area contributed by atoms with E-state index in [9.17, 15) is 22.8 Å². The van der Waals surface area contributed by atoms with Gasteiger partial charge in [0.1, 0.15) is 5.69 Å². The van der Waals surface area contributed by atoms with Gasteiger partial charge in [-0.2, -0.15) is 13.2 Å². The number of carbonyl (C=O) groups excluding carboxylic acids is 2. The molecule has 0 radical (unpaired) electrons. The van der Waals surface area contributed by atoms with Crippen molar-refractivity contribution in [2.75, 3.05) is 5.32 Å². The van der Waals surface area contributed by atoms with Crippen LogP contribution in [0.25, 0.3) is 0 Å². The van der Waals surface area contributed by atoms with Gasteiger partial charge in [0.15, 0.2) is 11.4 Å². The van der Waals surface area contributed by atoms with Crippen molar-refractivity contribution >= 4 is 41.3 Å². The predicted octanol–water partition coefficient (Wildman–Crippen LogP) is 4.76. The van der Waals surface area contributed by atoms with Gasteiger partial charge in [0.2, 0.25) is 0 Å². The lowest BCUT2D eigenvalue weighted by molar-refractivity contribution is -0.137. The van der Waals surface area contributed by atoms with Crippen molar-refractivity contribution < 1.29 is 27.5 Å². The third-order valence-electron chi connectivity index (χ3n) is 3.64. The van der Waals surface area contributed by atoms with Crippen LogP contribution in [0, 0.1) is 6.92 Å². The number of hydrogen-bond donors (Lipinski definition) is 1. The number of nitrogens with one attached hydrogen (secondary N) is 1. The van der Waals surface area contributed by atoms with Crippen LogP contribution in [0.4, 0.5) is 18.9 Å². The minimum absolute atomic E-state index is 0. The van der Waals surface area contributed by atoms with Crippen molar-refractivity contribution in [1.82, 2.24) is 9.97 Å². The molecule has 0 saturated carbocycles. The van der Waals surface area contributed by atoms with E-state index in [2.05, 4.69) is 15.3 Å². The van der Waals surface area contributed by atoms with Crippen LogP contribution in [-0.4, -0.2) is 21.8 Å². The molecule has 1 amide bonds. The third-order valence-corrected chi connectivity index (χ3v) is 4.23. The van der Waals surface area contributed by atoms with Gasteiger partial charge in [0.25, 0.3) is 5.91 Å². The van der Waals surface area contributed by atoms with Crippen LogP contribution in [0.3, 0.4) is 0 Å². The van der Waals surface area contributed by atoms with Gasteiger partial charge in [0, 0.05) is 11.6 Å². The summed E-state index contributed by atoms with van der Waals surface area (Å²) < 4.78 is 45.4. The Morgan fingerprint density at radius 2 is 1.90 bits per heavy atom. The van der Waals surface area contributed by atoms with E-state index in [-0.39, 0.29) is 23.8 Å². The molecule has 11 heteroatoms. The normalized spacial score (nSPS) is 10.8. The zero-order valence-corrected chi connectivity index (χ0v) is 16.3. The van der Waals surface area contributed by atoms with Crippen molar-refractivity contribution in [3.8, 4) is 5.75 Å². The molecule has 152 valence electrons. The first kappa shape index (κ1) is 22.3. The molecule has 3 rings (SSSR count). The Morgan fingerprint density at radius 3 is 2.52 bits per heavy atom. The molecule has 0 aliphatic carbocycles. The molecule has 0 bridgehead atoms. The second kappa shape index (κ2) is 9.01. The van der Waals surface area contributed by atoms with E-state index in [1.54, 1.807) is 19.1 Å². The maximum absolute atomic E-state index is 13.5. The van der Waals surface area contributed by atoms with Crippen LogP contribution in [0.15, 0.2) is 47.4 Å². The maximum Gasteiger partial charge on any atom is 0.418 e. The van der Waals surface area contributed by atoms with Crippen LogP contribution in [0.2, 0.25) is 0 Å². The molecule has 2 aromatic heterocycles. The van der Waals surface area contributed by atoms with E-state index in [0.29, 0.717) is 5.56 Å². The zero-order chi connectivity index (χ0) is 20.3. The number of halogens is 4. The van der Waals surface area contributed by atoms with Gasteiger partial charge in [0.05, 0.1) is 16.8 Å². The topological polar surface area (TPSA) is 81.2 Å². The Kier molecular flexibility index (Phi) is 6.93. The highest BCUT2D eigenvalue weighted by atomic mass is 35.5. The first-order valence-corrected chi connectivity index (χ1v) is 8.75. The summed E-state index contributed by atoms with van der Waals surface area (Å²) in [6.07, 6.45) is -3.44. The number of nitrogens with zero attached hydrogens (tertiary/aromatic N) is 2. The van der Waals surface area contributed by atoms with Crippen LogP contribution in [0.5, 0.6) is 5.75 Å². The van der Waals surface area contributed by atoms with Crippen molar-refractivity contribution in [2.24, 2.45) is 0 Å². The predicted molar refractivity (Wildman–Crippen MR) is 103 cm³/mol. The first-order chi connectivity index (χ1) is 13.3.